The zero-order valence-electron chi connectivity index (χ0n) is 16.4. The van der Waals surface area contributed by atoms with Gasteiger partial charge in [-0.1, -0.05) is 0 Å². The maximum absolute atomic E-state index is 12.5. The number of carbonyl (C=O) groups excluding carboxylic acids is 2. The van der Waals surface area contributed by atoms with Crippen LogP contribution in [0.5, 0.6) is 0 Å². The number of rotatable bonds is 0. The van der Waals surface area contributed by atoms with Crippen LogP contribution in [0.25, 0.3) is 0 Å². The van der Waals surface area contributed by atoms with E-state index in [0.29, 0.717) is 11.8 Å². The Morgan fingerprint density at radius 3 is 1.39 bits per heavy atom. The second kappa shape index (κ2) is 4.98. The molecule has 4 bridgehead atoms. The molecule has 4 heteroatoms. The van der Waals surface area contributed by atoms with Crippen LogP contribution in [0.15, 0.2) is 0 Å². The van der Waals surface area contributed by atoms with Crippen molar-refractivity contribution in [2.45, 2.75) is 63.6 Å². The van der Waals surface area contributed by atoms with Crippen molar-refractivity contribution in [3.05, 3.63) is 0 Å². The van der Waals surface area contributed by atoms with Gasteiger partial charge in [0.15, 0.2) is 0 Å². The minimum Gasteiger partial charge on any atom is -0.462 e. The molecular weight excluding hydrogens is 352 g/mol. The first-order valence-electron chi connectivity index (χ1n) is 12.1. The summed E-state index contributed by atoms with van der Waals surface area (Å²) in [6, 6.07) is 0. The minimum absolute atomic E-state index is 0.136. The van der Waals surface area contributed by atoms with Crippen LogP contribution >= 0.6 is 0 Å². The molecule has 8 fully saturated rings. The fraction of sp³-hybridized carbons (Fsp3) is 0.917. The second-order valence-electron chi connectivity index (χ2n) is 11.6. The molecule has 1 saturated heterocycles. The van der Waals surface area contributed by atoms with Gasteiger partial charge in [-0.2, -0.15) is 0 Å². The lowest BCUT2D eigenvalue weighted by Crippen LogP contribution is -2.59. The Morgan fingerprint density at radius 2 is 0.929 bits per heavy atom. The molecule has 7 saturated carbocycles. The number of ether oxygens (including phenoxy) is 2. The van der Waals surface area contributed by atoms with E-state index in [9.17, 15) is 9.59 Å². The van der Waals surface area contributed by atoms with Crippen LogP contribution < -0.4 is 0 Å². The third kappa shape index (κ3) is 1.62. The Bertz CT molecular complexity index is 713. The molecule has 8 aliphatic rings. The summed E-state index contributed by atoms with van der Waals surface area (Å²) in [6.07, 6.45) is 8.20. The van der Waals surface area contributed by atoms with Crippen LogP contribution in [-0.2, 0) is 19.1 Å². The Balaban J connectivity index is 1.20. The molecule has 0 unspecified atom stereocenters. The van der Waals surface area contributed by atoms with E-state index in [1.807, 2.05) is 0 Å². The molecule has 8 rings (SSSR count). The van der Waals surface area contributed by atoms with Crippen LogP contribution in [0.2, 0.25) is 0 Å². The predicted molar refractivity (Wildman–Crippen MR) is 98.6 cm³/mol. The van der Waals surface area contributed by atoms with E-state index in [1.165, 1.54) is 25.7 Å². The first kappa shape index (κ1) is 15.7. The van der Waals surface area contributed by atoms with E-state index in [1.54, 1.807) is 0 Å². The molecule has 0 aromatic heterocycles. The third-order valence-electron chi connectivity index (χ3n) is 11.4. The molecular formula is C24H30O4. The summed E-state index contributed by atoms with van der Waals surface area (Å²) >= 11 is 0. The Kier molecular flexibility index (Phi) is 2.80. The highest BCUT2D eigenvalue weighted by Gasteiger charge is 2.78. The molecule has 1 aliphatic heterocycles. The zero-order chi connectivity index (χ0) is 18.3. The van der Waals surface area contributed by atoms with Crippen molar-refractivity contribution in [1.29, 1.82) is 0 Å². The largest absolute Gasteiger partial charge is 0.462 e. The van der Waals surface area contributed by atoms with Gasteiger partial charge in [-0.05, 0) is 97.7 Å². The molecule has 0 spiro atoms. The topological polar surface area (TPSA) is 52.6 Å². The SMILES string of the molecule is O=C1CCC(=O)O[C@@H]2CC[C@@H]3[C@H]4C[C@H]([C@H]5[C@@H]4[C@H]4[C@H]6C[C@@H]([C@@H]54)[C@@H]4[C@H]6CC[C@@H]4O1)[C@@H]32. The van der Waals surface area contributed by atoms with E-state index in [2.05, 4.69) is 0 Å². The van der Waals surface area contributed by atoms with Gasteiger partial charge in [-0.3, -0.25) is 9.59 Å². The zero-order valence-corrected chi connectivity index (χ0v) is 16.4. The van der Waals surface area contributed by atoms with Crippen LogP contribution in [0.3, 0.4) is 0 Å². The number of carbonyl (C=O) groups is 2. The lowest BCUT2D eigenvalue weighted by molar-refractivity contribution is -0.177. The maximum Gasteiger partial charge on any atom is 0.306 e. The summed E-state index contributed by atoms with van der Waals surface area (Å²) in [4.78, 5) is 24.9. The van der Waals surface area contributed by atoms with Crippen LogP contribution in [0.1, 0.15) is 51.4 Å². The minimum atomic E-state index is -0.169. The van der Waals surface area contributed by atoms with Crippen LogP contribution in [-0.4, -0.2) is 24.1 Å². The van der Waals surface area contributed by atoms with E-state index >= 15 is 0 Å². The fourth-order valence-electron chi connectivity index (χ4n) is 11.3. The van der Waals surface area contributed by atoms with Crippen molar-refractivity contribution >= 4 is 11.9 Å². The summed E-state index contributed by atoms with van der Waals surface area (Å²) < 4.78 is 12.0. The molecule has 0 radical (unpaired) electrons. The lowest BCUT2D eigenvalue weighted by atomic mass is 9.43. The molecule has 28 heavy (non-hydrogen) atoms. The second-order valence-corrected chi connectivity index (χ2v) is 11.6. The Hall–Kier alpha value is -1.06. The van der Waals surface area contributed by atoms with E-state index in [-0.39, 0.29) is 37.0 Å². The molecule has 0 aromatic rings. The summed E-state index contributed by atoms with van der Waals surface area (Å²) in [5.74, 6) is 9.93. The molecule has 4 nitrogen and oxygen atoms in total. The molecule has 0 aromatic carbocycles. The van der Waals surface area contributed by atoms with Gasteiger partial charge in [-0.25, -0.2) is 0 Å². The highest BCUT2D eigenvalue weighted by Crippen LogP contribution is 2.81. The molecule has 1 heterocycles. The van der Waals surface area contributed by atoms with Crippen molar-refractivity contribution in [2.75, 3.05) is 0 Å². The molecule has 0 amide bonds. The normalized spacial score (nSPS) is 64.7. The van der Waals surface area contributed by atoms with Crippen molar-refractivity contribution in [1.82, 2.24) is 0 Å². The molecule has 7 aliphatic carbocycles. The van der Waals surface area contributed by atoms with Crippen LogP contribution in [0.4, 0.5) is 0 Å². The molecule has 0 N–H and O–H groups in total. The highest BCUT2D eigenvalue weighted by molar-refractivity contribution is 5.78. The van der Waals surface area contributed by atoms with Gasteiger partial charge >= 0.3 is 11.9 Å². The fourth-order valence-corrected chi connectivity index (χ4v) is 11.3. The summed E-state index contributed by atoms with van der Waals surface area (Å²) in [5.41, 5.74) is 0. The maximum atomic E-state index is 12.5. The highest BCUT2D eigenvalue weighted by atomic mass is 16.6. The number of fused-ring (bicyclic) bond motifs is 7. The Morgan fingerprint density at radius 1 is 0.500 bits per heavy atom. The smallest absolute Gasteiger partial charge is 0.306 e. The van der Waals surface area contributed by atoms with E-state index in [4.69, 9.17) is 9.47 Å². The average molecular weight is 383 g/mol. The summed E-state index contributed by atoms with van der Waals surface area (Å²) in [5, 5.41) is 0. The van der Waals surface area contributed by atoms with Gasteiger partial charge in [-0.15, -0.1) is 0 Å². The average Bonchev–Trinajstić information content (AvgIpc) is 3.43. The number of esters is 2. The van der Waals surface area contributed by atoms with Gasteiger partial charge in [0.05, 0.1) is 12.8 Å². The molecule has 14 atom stereocenters. The van der Waals surface area contributed by atoms with E-state index < -0.39 is 0 Å². The molecule has 150 valence electrons. The van der Waals surface area contributed by atoms with E-state index in [0.717, 1.165) is 72.0 Å². The van der Waals surface area contributed by atoms with Crippen molar-refractivity contribution < 1.29 is 19.1 Å². The van der Waals surface area contributed by atoms with Crippen molar-refractivity contribution in [3.63, 3.8) is 0 Å². The summed E-state index contributed by atoms with van der Waals surface area (Å²) in [6.45, 7) is 0. The van der Waals surface area contributed by atoms with Gasteiger partial charge < -0.3 is 9.47 Å². The lowest BCUT2D eigenvalue weighted by Gasteiger charge is -2.61. The van der Waals surface area contributed by atoms with Crippen molar-refractivity contribution in [3.8, 4) is 0 Å². The quantitative estimate of drug-likeness (QED) is 0.602. The van der Waals surface area contributed by atoms with Gasteiger partial charge in [0.25, 0.3) is 0 Å². The number of hydrogen-bond acceptors (Lipinski definition) is 4. The van der Waals surface area contributed by atoms with Crippen molar-refractivity contribution in [2.24, 2.45) is 71.0 Å². The standard InChI is InChI=1S/C24H30O4/c25-17-5-6-18(26)28-16-4-2-10-12-8-14(20(10)16)24-22(12)21-11-7-13(23(21)24)19-9(11)1-3-15(19)27-17/h9-16,19-24H,1-8H2/t9-,10+,11-,12+,13+,14-,15-,16+,19-,20+,21+,22-,23+,24-. The predicted octanol–water partition coefficient (Wildman–Crippen LogP) is 3.43. The number of hydrogen-bond donors (Lipinski definition) is 0. The van der Waals surface area contributed by atoms with Gasteiger partial charge in [0, 0.05) is 11.8 Å². The van der Waals surface area contributed by atoms with Gasteiger partial charge in [0.2, 0.25) is 0 Å². The first-order valence-corrected chi connectivity index (χ1v) is 12.1. The Labute approximate surface area is 166 Å². The summed E-state index contributed by atoms with van der Waals surface area (Å²) in [7, 11) is 0. The third-order valence-corrected chi connectivity index (χ3v) is 11.4. The monoisotopic (exact) mass is 382 g/mol. The van der Waals surface area contributed by atoms with Crippen LogP contribution in [0, 0.1) is 71.0 Å². The first-order chi connectivity index (χ1) is 13.7. The van der Waals surface area contributed by atoms with Gasteiger partial charge in [0.1, 0.15) is 12.2 Å².